The number of aromatic nitrogens is 4. The minimum atomic E-state index is 0.440. The number of fused-ring (bicyclic) bond motifs is 2. The fraction of sp³-hybridized carbons (Fsp3) is 0.212. The van der Waals surface area contributed by atoms with Crippen molar-refractivity contribution in [2.45, 2.75) is 19.8 Å². The molecule has 0 saturated heterocycles. The summed E-state index contributed by atoms with van der Waals surface area (Å²) in [4.78, 5) is 0. The molecule has 3 unspecified atom stereocenters. The lowest BCUT2D eigenvalue weighted by molar-refractivity contribution is 0.228. The van der Waals surface area contributed by atoms with E-state index in [1.807, 2.05) is 79.7 Å². The van der Waals surface area contributed by atoms with Crippen LogP contribution in [-0.4, -0.2) is 27.0 Å². The molecule has 3 aromatic carbocycles. The highest BCUT2D eigenvalue weighted by molar-refractivity contribution is 5.66. The predicted molar refractivity (Wildman–Crippen MR) is 153 cm³/mol. The molecule has 7 nitrogen and oxygen atoms in total. The van der Waals surface area contributed by atoms with Crippen LogP contribution in [0.1, 0.15) is 25.3 Å². The third-order valence-corrected chi connectivity index (χ3v) is 7.84. The molecular formula is C33H28N4O3. The number of allylic oxidation sites excluding steroid dienone is 3. The summed E-state index contributed by atoms with van der Waals surface area (Å²) in [5.74, 6) is 4.73. The van der Waals surface area contributed by atoms with E-state index in [0.717, 1.165) is 51.7 Å². The molecule has 0 aliphatic heterocycles. The zero-order chi connectivity index (χ0) is 27.1. The number of hydrogen-bond acceptors (Lipinski definition) is 7. The van der Waals surface area contributed by atoms with Gasteiger partial charge in [0.15, 0.2) is 0 Å². The Labute approximate surface area is 232 Å². The molecule has 0 radical (unpaired) electrons. The van der Waals surface area contributed by atoms with E-state index in [2.05, 4.69) is 39.1 Å². The number of rotatable bonds is 8. The Hall–Kier alpha value is -4.78. The van der Waals surface area contributed by atoms with Crippen molar-refractivity contribution in [3.63, 3.8) is 0 Å². The van der Waals surface area contributed by atoms with Crippen LogP contribution in [0.3, 0.4) is 0 Å². The summed E-state index contributed by atoms with van der Waals surface area (Å²) in [6, 6.07) is 23.3. The van der Waals surface area contributed by atoms with Crippen molar-refractivity contribution in [3.05, 3.63) is 97.1 Å². The lowest BCUT2D eigenvalue weighted by Gasteiger charge is -2.18. The van der Waals surface area contributed by atoms with Gasteiger partial charge in [-0.2, -0.15) is 0 Å². The summed E-state index contributed by atoms with van der Waals surface area (Å²) in [5.41, 5.74) is 5.40. The van der Waals surface area contributed by atoms with Crippen LogP contribution in [-0.2, 0) is 0 Å². The average Bonchev–Trinajstić information content (AvgIpc) is 3.82. The van der Waals surface area contributed by atoms with Crippen LogP contribution in [0.4, 0.5) is 0 Å². The summed E-state index contributed by atoms with van der Waals surface area (Å²) in [5, 5.41) is 16.9. The zero-order valence-corrected chi connectivity index (χ0v) is 22.2. The van der Waals surface area contributed by atoms with Crippen LogP contribution in [0.2, 0.25) is 0 Å². The number of hydrogen-bond donors (Lipinski definition) is 0. The van der Waals surface area contributed by atoms with Crippen molar-refractivity contribution in [2.24, 2.45) is 17.8 Å². The second kappa shape index (κ2) is 10.1. The van der Waals surface area contributed by atoms with Gasteiger partial charge in [-0.25, -0.2) is 0 Å². The van der Waals surface area contributed by atoms with Gasteiger partial charge in [-0.3, -0.25) is 0 Å². The number of ether oxygens (including phenoxy) is 1. The molecule has 2 bridgehead atoms. The van der Waals surface area contributed by atoms with Crippen molar-refractivity contribution in [3.8, 4) is 51.6 Å². The molecule has 2 heterocycles. The number of nitrogens with zero attached hydrogens (tertiary/aromatic N) is 4. The molecule has 1 saturated carbocycles. The van der Waals surface area contributed by atoms with Crippen molar-refractivity contribution >= 4 is 5.57 Å². The molecular weight excluding hydrogens is 500 g/mol. The topological polar surface area (TPSA) is 87.1 Å². The Morgan fingerprint density at radius 2 is 1.18 bits per heavy atom. The van der Waals surface area contributed by atoms with Crippen LogP contribution in [0.25, 0.3) is 51.4 Å². The Balaban J connectivity index is 1.00. The van der Waals surface area contributed by atoms with Gasteiger partial charge in [0.2, 0.25) is 23.6 Å². The van der Waals surface area contributed by atoms with Crippen LogP contribution in [0.5, 0.6) is 5.75 Å². The van der Waals surface area contributed by atoms with Gasteiger partial charge in [-0.1, -0.05) is 36.4 Å². The second-order valence-corrected chi connectivity index (χ2v) is 10.6. The van der Waals surface area contributed by atoms with Crippen molar-refractivity contribution < 1.29 is 13.6 Å². The molecule has 0 spiro atoms. The maximum Gasteiger partial charge on any atom is 0.248 e. The van der Waals surface area contributed by atoms with Crippen LogP contribution >= 0.6 is 0 Å². The molecule has 1 fully saturated rings. The molecule has 7 heteroatoms. The van der Waals surface area contributed by atoms with Crippen LogP contribution in [0.15, 0.2) is 100 Å². The molecule has 198 valence electrons. The second-order valence-electron chi connectivity index (χ2n) is 10.6. The van der Waals surface area contributed by atoms with Gasteiger partial charge in [0.1, 0.15) is 5.75 Å². The first-order valence-corrected chi connectivity index (χ1v) is 13.5. The van der Waals surface area contributed by atoms with Crippen molar-refractivity contribution in [1.29, 1.82) is 0 Å². The van der Waals surface area contributed by atoms with E-state index in [9.17, 15) is 0 Å². The molecule has 7 rings (SSSR count). The minimum absolute atomic E-state index is 0.440. The van der Waals surface area contributed by atoms with Gasteiger partial charge in [-0.05, 0) is 104 Å². The monoisotopic (exact) mass is 528 g/mol. The van der Waals surface area contributed by atoms with Gasteiger partial charge in [-0.15, -0.1) is 20.4 Å². The molecule has 0 N–H and O–H groups in total. The first kappa shape index (κ1) is 24.3. The first-order valence-electron chi connectivity index (χ1n) is 13.5. The Morgan fingerprint density at radius 1 is 0.700 bits per heavy atom. The largest absolute Gasteiger partial charge is 0.493 e. The van der Waals surface area contributed by atoms with E-state index in [1.54, 1.807) is 0 Å². The summed E-state index contributed by atoms with van der Waals surface area (Å²) in [6.45, 7) is 6.71. The van der Waals surface area contributed by atoms with Gasteiger partial charge in [0.05, 0.1) is 6.61 Å². The number of benzene rings is 3. The third kappa shape index (κ3) is 4.75. The highest BCUT2D eigenvalue weighted by Crippen LogP contribution is 2.43. The Kier molecular flexibility index (Phi) is 6.11. The third-order valence-electron chi connectivity index (χ3n) is 7.84. The summed E-state index contributed by atoms with van der Waals surface area (Å²) < 4.78 is 18.0. The summed E-state index contributed by atoms with van der Waals surface area (Å²) in [7, 11) is 0. The van der Waals surface area contributed by atoms with E-state index in [1.165, 1.54) is 12.8 Å². The molecule has 5 aromatic rings. The van der Waals surface area contributed by atoms with Gasteiger partial charge in [0.25, 0.3) is 0 Å². The standard InChI is InChI=1S/C33H28N4O3/c1-20(2)22-5-7-23(8-6-22)30-34-35-31(39-30)24-9-11-25(12-10-24)32-36-37-33(40-32)26-13-15-29(16-14-26)38-19-28-18-21-3-4-27(28)17-21/h3-16,21,27-28H,1,17-19H2,2H3. The highest BCUT2D eigenvalue weighted by Gasteiger charge is 2.35. The maximum absolute atomic E-state index is 6.07. The van der Waals surface area contributed by atoms with Gasteiger partial charge in [0, 0.05) is 22.3 Å². The maximum atomic E-state index is 6.07. The normalized spacial score (nSPS) is 19.3. The quantitative estimate of drug-likeness (QED) is 0.190. The first-order chi connectivity index (χ1) is 19.6. The predicted octanol–water partition coefficient (Wildman–Crippen LogP) is 7.74. The highest BCUT2D eigenvalue weighted by atomic mass is 16.5. The van der Waals surface area contributed by atoms with E-state index in [-0.39, 0.29) is 0 Å². The molecule has 2 aromatic heterocycles. The molecule has 0 amide bonds. The van der Waals surface area contributed by atoms with E-state index < -0.39 is 0 Å². The minimum Gasteiger partial charge on any atom is -0.493 e. The van der Waals surface area contributed by atoms with Gasteiger partial charge >= 0.3 is 0 Å². The SMILES string of the molecule is C=C(C)c1ccc(-c2nnc(-c3ccc(-c4nnc(-c5ccc(OCC6CC7C=CC6C7)cc5)o4)cc3)o2)cc1. The van der Waals surface area contributed by atoms with Crippen LogP contribution < -0.4 is 4.74 Å². The van der Waals surface area contributed by atoms with E-state index in [0.29, 0.717) is 35.4 Å². The smallest absolute Gasteiger partial charge is 0.248 e. The summed E-state index contributed by atoms with van der Waals surface area (Å²) in [6.07, 6.45) is 7.25. The molecule has 40 heavy (non-hydrogen) atoms. The van der Waals surface area contributed by atoms with Crippen LogP contribution in [0, 0.1) is 17.8 Å². The fourth-order valence-corrected chi connectivity index (χ4v) is 5.55. The molecule has 3 atom stereocenters. The van der Waals surface area contributed by atoms with E-state index in [4.69, 9.17) is 13.6 Å². The lowest BCUT2D eigenvalue weighted by Crippen LogP contribution is -2.16. The van der Waals surface area contributed by atoms with Crippen molar-refractivity contribution in [2.75, 3.05) is 6.61 Å². The Bertz CT molecular complexity index is 1680. The van der Waals surface area contributed by atoms with E-state index >= 15 is 0 Å². The molecule has 2 aliphatic carbocycles. The summed E-state index contributed by atoms with van der Waals surface area (Å²) >= 11 is 0. The lowest BCUT2D eigenvalue weighted by atomic mass is 9.95. The molecule has 2 aliphatic rings. The Morgan fingerprint density at radius 3 is 1.60 bits per heavy atom. The fourth-order valence-electron chi connectivity index (χ4n) is 5.55. The van der Waals surface area contributed by atoms with Crippen molar-refractivity contribution in [1.82, 2.24) is 20.4 Å². The van der Waals surface area contributed by atoms with Gasteiger partial charge < -0.3 is 13.6 Å². The average molecular weight is 529 g/mol. The zero-order valence-electron chi connectivity index (χ0n) is 22.2.